The van der Waals surface area contributed by atoms with E-state index < -0.39 is 0 Å². The Morgan fingerprint density at radius 2 is 1.86 bits per heavy atom. The number of benzene rings is 1. The highest BCUT2D eigenvalue weighted by Crippen LogP contribution is 2.12. The minimum Gasteiger partial charge on any atom is -0.408 e. The number of amides is 2. The lowest BCUT2D eigenvalue weighted by Gasteiger charge is -2.32. The largest absolute Gasteiger partial charge is 0.419 e. The molecule has 0 bridgehead atoms. The minimum absolute atomic E-state index is 0.0463. The maximum atomic E-state index is 12.5. The molecule has 2 heterocycles. The van der Waals surface area contributed by atoms with Gasteiger partial charge < -0.3 is 19.5 Å². The molecule has 0 unspecified atom stereocenters. The monoisotopic (exact) mass is 403 g/mol. The summed E-state index contributed by atoms with van der Waals surface area (Å²) in [6.07, 6.45) is 0.981. The smallest absolute Gasteiger partial charge is 0.408 e. The van der Waals surface area contributed by atoms with E-state index in [0.29, 0.717) is 44.6 Å². The van der Waals surface area contributed by atoms with E-state index >= 15 is 0 Å². The molecule has 0 radical (unpaired) electrons. The van der Waals surface area contributed by atoms with E-state index in [-0.39, 0.29) is 23.1 Å². The van der Waals surface area contributed by atoms with Crippen molar-refractivity contribution in [2.45, 2.75) is 45.7 Å². The number of carbonyl (C=O) groups excluding carboxylic acids is 2. The zero-order chi connectivity index (χ0) is 21.0. The van der Waals surface area contributed by atoms with Crippen molar-refractivity contribution in [2.24, 2.45) is 0 Å². The summed E-state index contributed by atoms with van der Waals surface area (Å²) in [7, 11) is 0. The van der Waals surface area contributed by atoms with Crippen LogP contribution in [0.3, 0.4) is 0 Å². The average molecular weight is 404 g/mol. The first-order chi connectivity index (χ1) is 13.7. The number of oxazole rings is 1. The summed E-state index contributed by atoms with van der Waals surface area (Å²) >= 11 is 0. The Balaban J connectivity index is 1.42. The molecule has 158 valence electrons. The molecule has 2 aromatic rings. The van der Waals surface area contributed by atoms with Gasteiger partial charge in [0.1, 0.15) is 0 Å². The van der Waals surface area contributed by atoms with E-state index in [1.165, 1.54) is 4.90 Å². The molecule has 2 N–H and O–H groups in total. The molecule has 8 heteroatoms. The maximum absolute atomic E-state index is 12.5. The third kappa shape index (κ3) is 5.69. The van der Waals surface area contributed by atoms with Gasteiger partial charge in [0.15, 0.2) is 12.1 Å². The van der Waals surface area contributed by atoms with Crippen molar-refractivity contribution in [3.05, 3.63) is 34.8 Å². The van der Waals surface area contributed by atoms with Crippen LogP contribution >= 0.6 is 0 Å². The number of hydrogen-bond donors (Lipinski definition) is 2. The van der Waals surface area contributed by atoms with Crippen LogP contribution in [0.5, 0.6) is 0 Å². The van der Waals surface area contributed by atoms with Crippen LogP contribution in [0, 0.1) is 0 Å². The van der Waals surface area contributed by atoms with Crippen LogP contribution < -0.4 is 16.0 Å². The van der Waals surface area contributed by atoms with Gasteiger partial charge in [-0.3, -0.25) is 14.2 Å². The third-order valence-corrected chi connectivity index (χ3v) is 5.09. The number of piperazine rings is 1. The fraction of sp³-hybridized carbons (Fsp3) is 0.571. The Kier molecular flexibility index (Phi) is 6.42. The zero-order valence-corrected chi connectivity index (χ0v) is 17.5. The highest BCUT2D eigenvalue weighted by Gasteiger charge is 2.26. The molecule has 1 aliphatic heterocycles. The molecule has 1 fully saturated rings. The summed E-state index contributed by atoms with van der Waals surface area (Å²) in [6.45, 7) is 9.67. The maximum Gasteiger partial charge on any atom is 0.419 e. The first-order valence-corrected chi connectivity index (χ1v) is 10.2. The SMILES string of the molecule is CC(C)(C)NC(=O)C[NH+]1CCN(C(=O)CCCn2c(=O)oc3ccccc32)CC1. The van der Waals surface area contributed by atoms with Gasteiger partial charge in [0, 0.05) is 18.5 Å². The second-order valence-electron chi connectivity index (χ2n) is 8.70. The highest BCUT2D eigenvalue weighted by molar-refractivity contribution is 5.78. The molecule has 0 saturated carbocycles. The van der Waals surface area contributed by atoms with Crippen LogP contribution in [0.1, 0.15) is 33.6 Å². The molecule has 1 aromatic carbocycles. The van der Waals surface area contributed by atoms with E-state index in [1.54, 1.807) is 10.6 Å². The van der Waals surface area contributed by atoms with Gasteiger partial charge in [-0.25, -0.2) is 4.79 Å². The molecule has 1 aliphatic rings. The Bertz CT molecular complexity index is 917. The number of para-hydroxylation sites is 2. The second kappa shape index (κ2) is 8.82. The molecular formula is C21H31N4O4+. The highest BCUT2D eigenvalue weighted by atomic mass is 16.4. The molecule has 2 amide bonds. The molecular weight excluding hydrogens is 372 g/mol. The van der Waals surface area contributed by atoms with Gasteiger partial charge in [-0.1, -0.05) is 12.1 Å². The normalized spacial score (nSPS) is 15.6. The molecule has 29 heavy (non-hydrogen) atoms. The van der Waals surface area contributed by atoms with Crippen LogP contribution in [0.2, 0.25) is 0 Å². The number of aryl methyl sites for hydroxylation is 1. The van der Waals surface area contributed by atoms with Gasteiger partial charge in [0.25, 0.3) is 5.91 Å². The molecule has 0 spiro atoms. The lowest BCUT2D eigenvalue weighted by Crippen LogP contribution is -3.16. The predicted molar refractivity (Wildman–Crippen MR) is 110 cm³/mol. The first kappa shape index (κ1) is 21.1. The van der Waals surface area contributed by atoms with Gasteiger partial charge in [-0.2, -0.15) is 0 Å². The summed E-state index contributed by atoms with van der Waals surface area (Å²) in [6, 6.07) is 7.30. The summed E-state index contributed by atoms with van der Waals surface area (Å²) in [5.41, 5.74) is 1.10. The number of hydrogen-bond acceptors (Lipinski definition) is 4. The molecule has 8 nitrogen and oxygen atoms in total. The average Bonchev–Trinajstić information content (AvgIpc) is 2.96. The van der Waals surface area contributed by atoms with E-state index in [9.17, 15) is 14.4 Å². The Labute approximate surface area is 170 Å². The second-order valence-corrected chi connectivity index (χ2v) is 8.70. The zero-order valence-electron chi connectivity index (χ0n) is 17.5. The van der Waals surface area contributed by atoms with E-state index in [0.717, 1.165) is 18.6 Å². The Morgan fingerprint density at radius 1 is 1.17 bits per heavy atom. The fourth-order valence-corrected chi connectivity index (χ4v) is 3.71. The standard InChI is InChI=1S/C21H30N4O4/c1-21(2,3)22-18(26)15-23-11-13-24(14-12-23)19(27)9-6-10-25-16-7-4-5-8-17(16)29-20(25)28/h4-5,7-8H,6,9-15H2,1-3H3,(H,22,26)/p+1. The number of nitrogens with zero attached hydrogens (tertiary/aromatic N) is 2. The van der Waals surface area contributed by atoms with Gasteiger partial charge in [-0.05, 0) is 39.3 Å². The van der Waals surface area contributed by atoms with Crippen molar-refractivity contribution < 1.29 is 18.9 Å². The predicted octanol–water partition coefficient (Wildman–Crippen LogP) is 0.0165. The molecule has 1 saturated heterocycles. The third-order valence-electron chi connectivity index (χ3n) is 5.09. The van der Waals surface area contributed by atoms with E-state index in [1.807, 2.05) is 43.9 Å². The fourth-order valence-electron chi connectivity index (χ4n) is 3.71. The number of carbonyl (C=O) groups is 2. The number of quaternary nitrogens is 1. The number of nitrogens with one attached hydrogen (secondary N) is 2. The lowest BCUT2D eigenvalue weighted by molar-refractivity contribution is -0.896. The van der Waals surface area contributed by atoms with Gasteiger partial charge >= 0.3 is 5.76 Å². The van der Waals surface area contributed by atoms with Gasteiger partial charge in [0.2, 0.25) is 5.91 Å². The molecule has 0 aliphatic carbocycles. The van der Waals surface area contributed by atoms with Crippen molar-refractivity contribution in [1.82, 2.24) is 14.8 Å². The number of aromatic nitrogens is 1. The molecule has 3 rings (SSSR count). The van der Waals surface area contributed by atoms with Crippen LogP contribution in [-0.4, -0.2) is 59.5 Å². The van der Waals surface area contributed by atoms with E-state index in [4.69, 9.17) is 4.42 Å². The summed E-state index contributed by atoms with van der Waals surface area (Å²) in [4.78, 5) is 39.6. The van der Waals surface area contributed by atoms with Crippen molar-refractivity contribution in [3.63, 3.8) is 0 Å². The topological polar surface area (TPSA) is 89.0 Å². The summed E-state index contributed by atoms with van der Waals surface area (Å²) < 4.78 is 6.81. The van der Waals surface area contributed by atoms with Crippen LogP contribution in [-0.2, 0) is 16.1 Å². The minimum atomic E-state index is -0.385. The van der Waals surface area contributed by atoms with Crippen molar-refractivity contribution in [2.75, 3.05) is 32.7 Å². The molecule has 1 aromatic heterocycles. The number of rotatable bonds is 6. The summed E-state index contributed by atoms with van der Waals surface area (Å²) in [5.74, 6) is -0.238. The van der Waals surface area contributed by atoms with Gasteiger partial charge in [-0.15, -0.1) is 0 Å². The van der Waals surface area contributed by atoms with E-state index in [2.05, 4.69) is 5.32 Å². The Morgan fingerprint density at radius 3 is 2.55 bits per heavy atom. The Hall–Kier alpha value is -2.61. The number of fused-ring (bicyclic) bond motifs is 1. The van der Waals surface area contributed by atoms with Crippen molar-refractivity contribution >= 4 is 22.9 Å². The summed E-state index contributed by atoms with van der Waals surface area (Å²) in [5, 5.41) is 2.98. The van der Waals surface area contributed by atoms with Crippen LogP contribution in [0.25, 0.3) is 11.1 Å². The van der Waals surface area contributed by atoms with Crippen LogP contribution in [0.15, 0.2) is 33.5 Å². The first-order valence-electron chi connectivity index (χ1n) is 10.2. The molecule has 0 atom stereocenters. The van der Waals surface area contributed by atoms with Crippen molar-refractivity contribution in [3.8, 4) is 0 Å². The lowest BCUT2D eigenvalue weighted by atomic mass is 10.1. The van der Waals surface area contributed by atoms with Gasteiger partial charge in [0.05, 0.1) is 31.7 Å². The quantitative estimate of drug-likeness (QED) is 0.712. The van der Waals surface area contributed by atoms with Crippen LogP contribution in [0.4, 0.5) is 0 Å². The van der Waals surface area contributed by atoms with Crippen molar-refractivity contribution in [1.29, 1.82) is 0 Å².